The van der Waals surface area contributed by atoms with Gasteiger partial charge in [0, 0.05) is 49.4 Å². The van der Waals surface area contributed by atoms with Crippen LogP contribution in [0.1, 0.15) is 34.0 Å². The molecule has 3 heterocycles. The highest BCUT2D eigenvalue weighted by molar-refractivity contribution is 6.16. The molecule has 5 rings (SSSR count). The Morgan fingerprint density at radius 3 is 2.90 bits per heavy atom. The number of carbonyl (C=O) groups is 1. The van der Waals surface area contributed by atoms with E-state index in [1.807, 2.05) is 31.2 Å². The van der Waals surface area contributed by atoms with Crippen molar-refractivity contribution < 1.29 is 19.0 Å². The summed E-state index contributed by atoms with van der Waals surface area (Å²) < 4.78 is 19.6. The zero-order valence-electron chi connectivity index (χ0n) is 18.1. The van der Waals surface area contributed by atoms with E-state index < -0.39 is 0 Å². The van der Waals surface area contributed by atoms with Gasteiger partial charge in [-0.05, 0) is 37.6 Å². The number of carbonyl (C=O) groups excluding carboxylic acids is 1. The van der Waals surface area contributed by atoms with Crippen LogP contribution in [-0.2, 0) is 17.8 Å². The fraction of sp³-hybridized carbons (Fsp3) is 0.320. The van der Waals surface area contributed by atoms with Crippen LogP contribution in [0.3, 0.4) is 0 Å². The van der Waals surface area contributed by atoms with Crippen molar-refractivity contribution in [2.45, 2.75) is 26.9 Å². The van der Waals surface area contributed by atoms with Gasteiger partial charge in [0.1, 0.15) is 18.2 Å². The van der Waals surface area contributed by atoms with E-state index in [1.54, 1.807) is 7.11 Å². The highest BCUT2D eigenvalue weighted by Gasteiger charge is 2.35. The largest absolute Gasteiger partial charge is 0.478 e. The molecule has 0 aliphatic carbocycles. The Morgan fingerprint density at radius 2 is 2.10 bits per heavy atom. The van der Waals surface area contributed by atoms with E-state index in [0.717, 1.165) is 46.4 Å². The molecule has 2 aliphatic rings. The fourth-order valence-corrected chi connectivity index (χ4v) is 4.43. The lowest BCUT2D eigenvalue weighted by atomic mass is 9.98. The predicted molar refractivity (Wildman–Crippen MR) is 120 cm³/mol. The topological polar surface area (TPSA) is 52.9 Å². The lowest BCUT2D eigenvalue weighted by molar-refractivity contribution is 0.0646. The van der Waals surface area contributed by atoms with Crippen LogP contribution in [0, 0.1) is 6.92 Å². The van der Waals surface area contributed by atoms with Crippen LogP contribution in [0.4, 0.5) is 0 Å². The molecule has 0 saturated carbocycles. The maximum atomic E-state index is 13.3. The summed E-state index contributed by atoms with van der Waals surface area (Å²) in [4.78, 5) is 15.4. The van der Waals surface area contributed by atoms with E-state index in [2.05, 4.69) is 34.7 Å². The Kier molecular flexibility index (Phi) is 5.04. The van der Waals surface area contributed by atoms with E-state index in [-0.39, 0.29) is 5.78 Å². The summed E-state index contributed by atoms with van der Waals surface area (Å²) in [6.07, 6.45) is 3.95. The molecule has 0 N–H and O–H groups in total. The average molecular weight is 418 g/mol. The third-order valence-corrected chi connectivity index (χ3v) is 6.05. The quantitative estimate of drug-likeness (QED) is 0.576. The van der Waals surface area contributed by atoms with Gasteiger partial charge in [-0.2, -0.15) is 0 Å². The summed E-state index contributed by atoms with van der Waals surface area (Å²) in [7, 11) is 1.69. The van der Waals surface area contributed by atoms with Gasteiger partial charge in [0.05, 0.1) is 17.7 Å². The van der Waals surface area contributed by atoms with Gasteiger partial charge in [0.15, 0.2) is 5.76 Å². The number of aromatic nitrogens is 1. The average Bonchev–Trinajstić information content (AvgIpc) is 3.31. The number of ether oxygens (including phenoxy) is 3. The maximum Gasteiger partial charge on any atom is 0.232 e. The normalized spacial score (nSPS) is 17.0. The van der Waals surface area contributed by atoms with E-state index >= 15 is 0 Å². The Morgan fingerprint density at radius 1 is 1.26 bits per heavy atom. The number of methoxy groups -OCH3 is 1. The minimum Gasteiger partial charge on any atom is -0.478 e. The van der Waals surface area contributed by atoms with E-state index in [4.69, 9.17) is 14.2 Å². The number of nitrogens with zero attached hydrogens (tertiary/aromatic N) is 2. The summed E-state index contributed by atoms with van der Waals surface area (Å²) in [5.74, 6) is 1.71. The van der Waals surface area contributed by atoms with Crippen molar-refractivity contribution in [1.29, 1.82) is 0 Å². The molecule has 1 aromatic heterocycles. The molecule has 0 saturated heterocycles. The molecule has 0 fully saturated rings. The van der Waals surface area contributed by atoms with Gasteiger partial charge in [0.2, 0.25) is 5.78 Å². The molecular weight excluding hydrogens is 392 g/mol. The first-order chi connectivity index (χ1) is 15.1. The van der Waals surface area contributed by atoms with E-state index in [0.29, 0.717) is 37.0 Å². The molecule has 2 aliphatic heterocycles. The summed E-state index contributed by atoms with van der Waals surface area (Å²) in [6, 6.07) is 10.2. The van der Waals surface area contributed by atoms with Gasteiger partial charge >= 0.3 is 0 Å². The Labute approximate surface area is 181 Å². The second-order valence-corrected chi connectivity index (χ2v) is 8.02. The molecule has 0 bridgehead atoms. The first-order valence-electron chi connectivity index (χ1n) is 10.6. The highest BCUT2D eigenvalue weighted by atomic mass is 16.5. The van der Waals surface area contributed by atoms with Crippen LogP contribution in [0.5, 0.6) is 11.5 Å². The maximum absolute atomic E-state index is 13.3. The minimum atomic E-state index is -0.0716. The number of para-hydroxylation sites is 1. The number of hydrogen-bond acceptors (Lipinski definition) is 5. The number of rotatable bonds is 5. The van der Waals surface area contributed by atoms with Crippen molar-refractivity contribution in [2.75, 3.05) is 27.0 Å². The molecule has 6 heteroatoms. The van der Waals surface area contributed by atoms with Gasteiger partial charge in [-0.1, -0.05) is 18.2 Å². The molecule has 0 atom stereocenters. The van der Waals surface area contributed by atoms with Crippen molar-refractivity contribution in [3.63, 3.8) is 0 Å². The Hall–Kier alpha value is -3.09. The molecular formula is C25H26N2O4. The minimum absolute atomic E-state index is 0.0716. The third-order valence-electron chi connectivity index (χ3n) is 6.05. The number of allylic oxidation sites excluding steroid dienone is 1. The zero-order valence-corrected chi connectivity index (χ0v) is 18.1. The van der Waals surface area contributed by atoms with E-state index in [1.165, 1.54) is 0 Å². The van der Waals surface area contributed by atoms with Crippen LogP contribution in [0.2, 0.25) is 0 Å². The monoisotopic (exact) mass is 418 g/mol. The van der Waals surface area contributed by atoms with Crippen molar-refractivity contribution in [1.82, 2.24) is 9.47 Å². The second kappa shape index (κ2) is 7.87. The van der Waals surface area contributed by atoms with Crippen molar-refractivity contribution in [2.24, 2.45) is 0 Å². The molecule has 0 unspecified atom stereocenters. The lowest BCUT2D eigenvalue weighted by Gasteiger charge is -2.29. The standard InChI is InChI=1S/C25H26N2O4/c1-4-27-13-17(18-7-5-6-8-20(18)27)12-22-24(28)23-16(2)11-21-19(25(23)31-22)14-26(15-30-21)9-10-29-3/h5-8,11-13H,4,9-10,14-15H2,1-3H3/b22-12-. The number of fused-ring (bicyclic) bond motifs is 4. The Balaban J connectivity index is 1.54. The Bertz CT molecular complexity index is 1210. The molecule has 31 heavy (non-hydrogen) atoms. The summed E-state index contributed by atoms with van der Waals surface area (Å²) in [5, 5.41) is 1.11. The van der Waals surface area contributed by atoms with Crippen LogP contribution in [0.25, 0.3) is 17.0 Å². The molecule has 160 valence electrons. The number of ketones is 1. The van der Waals surface area contributed by atoms with Gasteiger partial charge in [0.25, 0.3) is 0 Å². The van der Waals surface area contributed by atoms with Crippen molar-refractivity contribution in [3.8, 4) is 11.5 Å². The fourth-order valence-electron chi connectivity index (χ4n) is 4.43. The van der Waals surface area contributed by atoms with Gasteiger partial charge in [-0.3, -0.25) is 9.69 Å². The molecule has 2 aromatic carbocycles. The van der Waals surface area contributed by atoms with Crippen LogP contribution in [0.15, 0.2) is 42.3 Å². The number of hydrogen-bond donors (Lipinski definition) is 0. The smallest absolute Gasteiger partial charge is 0.232 e. The highest BCUT2D eigenvalue weighted by Crippen LogP contribution is 2.44. The summed E-state index contributed by atoms with van der Waals surface area (Å²) >= 11 is 0. The molecule has 6 nitrogen and oxygen atoms in total. The number of aryl methyl sites for hydroxylation is 2. The molecule has 0 radical (unpaired) electrons. The SMILES string of the molecule is CCn1cc(/C=C2\Oc3c4c(cc(C)c3C2=O)OCN(CCOC)C4)c2ccccc21. The van der Waals surface area contributed by atoms with Gasteiger partial charge < -0.3 is 18.8 Å². The van der Waals surface area contributed by atoms with Gasteiger partial charge in [-0.25, -0.2) is 0 Å². The van der Waals surface area contributed by atoms with Crippen LogP contribution < -0.4 is 9.47 Å². The molecule has 0 amide bonds. The predicted octanol–water partition coefficient (Wildman–Crippen LogP) is 4.38. The van der Waals surface area contributed by atoms with Crippen molar-refractivity contribution in [3.05, 3.63) is 64.5 Å². The summed E-state index contributed by atoms with van der Waals surface area (Å²) in [6.45, 7) is 7.46. The first-order valence-corrected chi connectivity index (χ1v) is 10.6. The number of Topliss-reactive ketones (excluding diaryl/α,β-unsaturated/α-hetero) is 1. The molecule has 3 aromatic rings. The van der Waals surface area contributed by atoms with Crippen molar-refractivity contribution >= 4 is 22.8 Å². The third kappa shape index (κ3) is 3.32. The first kappa shape index (κ1) is 19.8. The van der Waals surface area contributed by atoms with E-state index in [9.17, 15) is 4.79 Å². The van der Waals surface area contributed by atoms with Crippen LogP contribution >= 0.6 is 0 Å². The lowest BCUT2D eigenvalue weighted by Crippen LogP contribution is -2.34. The second-order valence-electron chi connectivity index (χ2n) is 8.02. The number of benzene rings is 2. The van der Waals surface area contributed by atoms with Crippen LogP contribution in [-0.4, -0.2) is 42.2 Å². The van der Waals surface area contributed by atoms with Gasteiger partial charge in [-0.15, -0.1) is 0 Å². The molecule has 0 spiro atoms. The summed E-state index contributed by atoms with van der Waals surface area (Å²) in [5.41, 5.74) is 4.58. The zero-order chi connectivity index (χ0) is 21.5.